The Hall–Kier alpha value is -5.28. The number of nitrogens with two attached hydrogens (primary N) is 2. The quantitative estimate of drug-likeness (QED) is 0.0839. The molecule has 1 aliphatic heterocycles. The molecule has 10 N–H and O–H groups in total. The molecule has 1 aliphatic rings. The molecule has 4 amide bonds. The molecule has 1 aromatic heterocycles. The van der Waals surface area contributed by atoms with E-state index in [2.05, 4.69) is 25.9 Å². The molecule has 0 saturated carbocycles. The van der Waals surface area contributed by atoms with Crippen molar-refractivity contribution in [2.45, 2.75) is 81.6 Å². The summed E-state index contributed by atoms with van der Waals surface area (Å²) in [5, 5.41) is 27.6. The van der Waals surface area contributed by atoms with Gasteiger partial charge >= 0.3 is 5.97 Å². The fourth-order valence-electron chi connectivity index (χ4n) is 5.94. The highest BCUT2D eigenvalue weighted by atomic mass is 16.4. The van der Waals surface area contributed by atoms with Crippen LogP contribution >= 0.6 is 0 Å². The number of amides is 4. The van der Waals surface area contributed by atoms with Gasteiger partial charge in [-0.3, -0.25) is 19.2 Å². The van der Waals surface area contributed by atoms with Gasteiger partial charge in [0, 0.05) is 31.3 Å². The number of carboxylic acid groups (broad SMARTS) is 1. The largest absolute Gasteiger partial charge is 0.508 e. The maximum atomic E-state index is 13.9. The van der Waals surface area contributed by atoms with Crippen LogP contribution in [0.1, 0.15) is 48.9 Å². The van der Waals surface area contributed by atoms with E-state index in [-0.39, 0.29) is 30.9 Å². The van der Waals surface area contributed by atoms with E-state index in [1.165, 1.54) is 29.6 Å². The molecule has 0 aliphatic carbocycles. The fraction of sp³-hybridized carbons (Fsp3) is 0.429. The molecule has 3 aromatic rings. The number of H-pyrrole nitrogens is 1. The number of benzene rings is 2. The van der Waals surface area contributed by atoms with Crippen molar-refractivity contribution in [3.8, 4) is 5.75 Å². The van der Waals surface area contributed by atoms with E-state index in [0.29, 0.717) is 56.5 Å². The van der Waals surface area contributed by atoms with Gasteiger partial charge in [0.25, 0.3) is 0 Å². The smallest absolute Gasteiger partial charge is 0.326 e. The van der Waals surface area contributed by atoms with Gasteiger partial charge in [-0.2, -0.15) is 0 Å². The average Bonchev–Trinajstić information content (AvgIpc) is 3.81. The Kier molecular flexibility index (Phi) is 13.9. The SMILES string of the molecule is NCCCC[C@H](NC(=O)[C@H](Cc1ccc(O)cc1)NC(=O)[C@@H]1CCCN1C(=O)[C@@H](N)Cc1ccccc1)C(=O)N[C@@H](Cc1cnc[nH]1)C(=O)O. The second kappa shape index (κ2) is 18.5. The number of imidazole rings is 1. The minimum atomic E-state index is -1.30. The number of aromatic amines is 1. The van der Waals surface area contributed by atoms with Crippen LogP contribution in [0.15, 0.2) is 67.1 Å². The normalized spacial score (nSPS) is 16.5. The molecule has 1 saturated heterocycles. The number of aliphatic carboxylic acids is 1. The minimum absolute atomic E-state index is 0.000749. The number of phenols is 1. The summed E-state index contributed by atoms with van der Waals surface area (Å²) in [6.45, 7) is 0.686. The molecule has 1 fully saturated rings. The second-order valence-corrected chi connectivity index (χ2v) is 12.4. The summed E-state index contributed by atoms with van der Waals surface area (Å²) < 4.78 is 0. The Bertz CT molecular complexity index is 1570. The third-order valence-corrected chi connectivity index (χ3v) is 8.64. The Balaban J connectivity index is 1.50. The Morgan fingerprint density at radius 2 is 1.56 bits per heavy atom. The lowest BCUT2D eigenvalue weighted by Crippen LogP contribution is -2.58. The van der Waals surface area contributed by atoms with E-state index in [1.807, 2.05) is 30.3 Å². The van der Waals surface area contributed by atoms with Crippen molar-refractivity contribution in [3.63, 3.8) is 0 Å². The van der Waals surface area contributed by atoms with Gasteiger partial charge in [0.1, 0.15) is 29.9 Å². The number of aromatic nitrogens is 2. The predicted octanol–water partition coefficient (Wildman–Crippen LogP) is 0.130. The van der Waals surface area contributed by atoms with E-state index < -0.39 is 53.9 Å². The molecule has 0 bridgehead atoms. The highest BCUT2D eigenvalue weighted by molar-refractivity contribution is 5.95. The zero-order chi connectivity index (χ0) is 36.0. The standard InChI is InChI=1S/C35H46N8O7/c36-15-5-4-9-27(31(45)42-29(35(49)50)19-24-20-38-21-39-24)40-32(46)28(18-23-11-13-25(44)14-12-23)41-33(47)30-10-6-16-43(30)34(48)26(37)17-22-7-2-1-3-8-22/h1-3,7-8,11-14,20-21,26-30,44H,4-6,9-10,15-19,36-37H2,(H,38,39)(H,40,46)(H,41,47)(H,42,45)(H,49,50)/t26-,27-,28-,29-,30-/m0/s1. The average molecular weight is 691 g/mol. The van der Waals surface area contributed by atoms with Crippen LogP contribution in [-0.4, -0.2) is 98.0 Å². The van der Waals surface area contributed by atoms with Gasteiger partial charge in [-0.05, 0) is 68.3 Å². The number of likely N-dealkylation sites (tertiary alicyclic amines) is 1. The van der Waals surface area contributed by atoms with Crippen molar-refractivity contribution in [3.05, 3.63) is 83.9 Å². The van der Waals surface area contributed by atoms with E-state index >= 15 is 0 Å². The third kappa shape index (κ3) is 10.9. The number of nitrogens with zero attached hydrogens (tertiary/aromatic N) is 2. The summed E-state index contributed by atoms with van der Waals surface area (Å²) in [5.74, 6) is -3.56. The molecule has 0 spiro atoms. The Labute approximate surface area is 290 Å². The van der Waals surface area contributed by atoms with Crippen molar-refractivity contribution in [2.24, 2.45) is 11.5 Å². The van der Waals surface area contributed by atoms with Crippen LogP contribution in [0, 0.1) is 0 Å². The number of hydrogen-bond acceptors (Lipinski definition) is 9. The monoisotopic (exact) mass is 690 g/mol. The highest BCUT2D eigenvalue weighted by Crippen LogP contribution is 2.20. The number of rotatable bonds is 18. The molecule has 0 radical (unpaired) electrons. The number of hydrogen-bond donors (Lipinski definition) is 8. The zero-order valence-corrected chi connectivity index (χ0v) is 27.8. The maximum Gasteiger partial charge on any atom is 0.326 e. The van der Waals surface area contributed by atoms with Crippen LogP contribution in [0.5, 0.6) is 5.75 Å². The van der Waals surface area contributed by atoms with Crippen LogP contribution in [-0.2, 0) is 43.2 Å². The van der Waals surface area contributed by atoms with E-state index in [1.54, 1.807) is 12.1 Å². The summed E-state index contributed by atoms with van der Waals surface area (Å²) in [7, 11) is 0. The first-order chi connectivity index (χ1) is 24.0. The topological polar surface area (TPSA) is 246 Å². The van der Waals surface area contributed by atoms with Crippen LogP contribution in [0.2, 0.25) is 0 Å². The number of carbonyl (C=O) groups excluding carboxylic acids is 4. The van der Waals surface area contributed by atoms with Gasteiger partial charge in [0.15, 0.2) is 0 Å². The van der Waals surface area contributed by atoms with E-state index in [0.717, 1.165) is 5.56 Å². The van der Waals surface area contributed by atoms with Crippen molar-refractivity contribution in [2.75, 3.05) is 13.1 Å². The van der Waals surface area contributed by atoms with Crippen LogP contribution in [0.4, 0.5) is 0 Å². The molecule has 0 unspecified atom stereocenters. The summed E-state index contributed by atoms with van der Waals surface area (Å²) >= 11 is 0. The highest BCUT2D eigenvalue weighted by Gasteiger charge is 2.38. The minimum Gasteiger partial charge on any atom is -0.508 e. The Morgan fingerprint density at radius 3 is 2.22 bits per heavy atom. The van der Waals surface area contributed by atoms with Gasteiger partial charge in [-0.15, -0.1) is 0 Å². The first-order valence-electron chi connectivity index (χ1n) is 16.7. The molecule has 5 atom stereocenters. The lowest BCUT2D eigenvalue weighted by Gasteiger charge is -2.29. The molecular weight excluding hydrogens is 644 g/mol. The number of carboxylic acids is 1. The van der Waals surface area contributed by atoms with Crippen molar-refractivity contribution in [1.82, 2.24) is 30.8 Å². The molecular formula is C35H46N8O7. The summed E-state index contributed by atoms with van der Waals surface area (Å²) in [6.07, 6.45) is 5.22. The summed E-state index contributed by atoms with van der Waals surface area (Å²) in [6, 6.07) is 10.1. The molecule has 4 rings (SSSR count). The van der Waals surface area contributed by atoms with Crippen LogP contribution < -0.4 is 27.4 Å². The molecule has 15 heteroatoms. The fourth-order valence-corrected chi connectivity index (χ4v) is 5.94. The van der Waals surface area contributed by atoms with Gasteiger partial charge in [0.2, 0.25) is 23.6 Å². The first kappa shape index (κ1) is 37.5. The molecule has 15 nitrogen and oxygen atoms in total. The van der Waals surface area contributed by atoms with Crippen molar-refractivity contribution >= 4 is 29.6 Å². The number of unbranched alkanes of at least 4 members (excludes halogenated alkanes) is 1. The maximum absolute atomic E-state index is 13.9. The third-order valence-electron chi connectivity index (χ3n) is 8.64. The van der Waals surface area contributed by atoms with E-state index in [4.69, 9.17) is 11.5 Å². The zero-order valence-electron chi connectivity index (χ0n) is 27.8. The van der Waals surface area contributed by atoms with Crippen LogP contribution in [0.3, 0.4) is 0 Å². The van der Waals surface area contributed by atoms with Gasteiger partial charge in [-0.1, -0.05) is 42.5 Å². The van der Waals surface area contributed by atoms with Crippen molar-refractivity contribution in [1.29, 1.82) is 0 Å². The lowest BCUT2D eigenvalue weighted by molar-refractivity contribution is -0.142. The number of phenolic OH excluding ortho intramolecular Hbond substituents is 1. The van der Waals surface area contributed by atoms with Gasteiger partial charge in [-0.25, -0.2) is 9.78 Å². The lowest BCUT2D eigenvalue weighted by atomic mass is 10.0. The van der Waals surface area contributed by atoms with Crippen molar-refractivity contribution < 1.29 is 34.2 Å². The first-order valence-corrected chi connectivity index (χ1v) is 16.7. The molecule has 50 heavy (non-hydrogen) atoms. The summed E-state index contributed by atoms with van der Waals surface area (Å²) in [5.41, 5.74) is 13.9. The Morgan fingerprint density at radius 1 is 0.880 bits per heavy atom. The molecule has 2 heterocycles. The predicted molar refractivity (Wildman–Crippen MR) is 183 cm³/mol. The second-order valence-electron chi connectivity index (χ2n) is 12.4. The number of carbonyl (C=O) groups is 5. The molecule has 2 aromatic carbocycles. The molecule has 268 valence electrons. The summed E-state index contributed by atoms with van der Waals surface area (Å²) in [4.78, 5) is 74.7. The number of nitrogens with one attached hydrogen (secondary N) is 4. The van der Waals surface area contributed by atoms with Crippen LogP contribution in [0.25, 0.3) is 0 Å². The van der Waals surface area contributed by atoms with E-state index in [9.17, 15) is 34.2 Å². The number of aromatic hydroxyl groups is 1. The van der Waals surface area contributed by atoms with Gasteiger partial charge < -0.3 is 47.5 Å². The van der Waals surface area contributed by atoms with Gasteiger partial charge in [0.05, 0.1) is 12.4 Å².